The van der Waals surface area contributed by atoms with Crippen molar-refractivity contribution in [2.75, 3.05) is 6.54 Å². The molecule has 0 spiro atoms. The summed E-state index contributed by atoms with van der Waals surface area (Å²) in [4.78, 5) is 39.2. The Morgan fingerprint density at radius 1 is 1.26 bits per heavy atom. The summed E-state index contributed by atoms with van der Waals surface area (Å²) in [5, 5.41) is 9.15. The normalized spacial score (nSPS) is 27.7. The van der Waals surface area contributed by atoms with Gasteiger partial charge in [0, 0.05) is 6.54 Å². The lowest BCUT2D eigenvalue weighted by Crippen LogP contribution is -2.52. The maximum atomic E-state index is 12.8. The summed E-state index contributed by atoms with van der Waals surface area (Å²) in [6.07, 6.45) is 2.31. The van der Waals surface area contributed by atoms with Gasteiger partial charge in [0.2, 0.25) is 5.91 Å². The smallest absolute Gasteiger partial charge is 0.411 e. The van der Waals surface area contributed by atoms with Crippen LogP contribution in [0, 0.1) is 11.3 Å². The van der Waals surface area contributed by atoms with Gasteiger partial charge in [-0.3, -0.25) is 9.69 Å². The van der Waals surface area contributed by atoms with Crippen molar-refractivity contribution in [3.8, 4) is 6.07 Å². The van der Waals surface area contributed by atoms with E-state index in [4.69, 9.17) is 10.00 Å². The number of likely N-dealkylation sites (tertiary alicyclic amines) is 2. The Balaban J connectivity index is 2.19. The molecule has 0 aliphatic carbocycles. The number of aldehydes is 1. The van der Waals surface area contributed by atoms with Crippen molar-refractivity contribution < 1.29 is 19.1 Å². The molecule has 2 aliphatic rings. The van der Waals surface area contributed by atoms with Crippen LogP contribution in [-0.4, -0.2) is 58.4 Å². The Kier molecular flexibility index (Phi) is 4.93. The summed E-state index contributed by atoms with van der Waals surface area (Å²) in [6, 6.07) is 0.302. The zero-order valence-corrected chi connectivity index (χ0v) is 13.8. The van der Waals surface area contributed by atoms with Crippen LogP contribution in [0.4, 0.5) is 4.79 Å². The minimum absolute atomic E-state index is 0.260. The lowest BCUT2D eigenvalue weighted by molar-refractivity contribution is -0.136. The van der Waals surface area contributed by atoms with E-state index in [-0.39, 0.29) is 5.91 Å². The molecule has 2 fully saturated rings. The van der Waals surface area contributed by atoms with Gasteiger partial charge in [0.15, 0.2) is 0 Å². The molecule has 7 heteroatoms. The van der Waals surface area contributed by atoms with Gasteiger partial charge >= 0.3 is 6.09 Å². The summed E-state index contributed by atoms with van der Waals surface area (Å²) in [7, 11) is 0. The first-order valence-electron chi connectivity index (χ1n) is 7.95. The quantitative estimate of drug-likeness (QED) is 0.718. The summed E-state index contributed by atoms with van der Waals surface area (Å²) >= 11 is 0. The summed E-state index contributed by atoms with van der Waals surface area (Å²) < 4.78 is 5.34. The standard InChI is InChI=1S/C16H23N3O4/c1-16(2,3)23-15(22)19-12(10-20)6-7-13(19)14(21)18-8-4-5-11(18)9-17/h10-13H,4-8H2,1-3H3/t11-,12+,13-/m0/s1. The zero-order chi connectivity index (χ0) is 17.2. The number of nitriles is 1. The summed E-state index contributed by atoms with van der Waals surface area (Å²) in [6.45, 7) is 5.72. The lowest BCUT2D eigenvalue weighted by atomic mass is 10.1. The third kappa shape index (κ3) is 3.63. The van der Waals surface area contributed by atoms with E-state index in [1.807, 2.05) is 0 Å². The monoisotopic (exact) mass is 321 g/mol. The molecule has 0 saturated carbocycles. The predicted molar refractivity (Wildman–Crippen MR) is 81.3 cm³/mol. The molecule has 2 aliphatic heterocycles. The maximum Gasteiger partial charge on any atom is 0.411 e. The van der Waals surface area contributed by atoms with Crippen molar-refractivity contribution in [3.05, 3.63) is 0 Å². The highest BCUT2D eigenvalue weighted by molar-refractivity contribution is 5.89. The number of amides is 2. The van der Waals surface area contributed by atoms with E-state index in [1.54, 1.807) is 20.8 Å². The average molecular weight is 321 g/mol. The molecule has 2 amide bonds. The fourth-order valence-corrected chi connectivity index (χ4v) is 3.15. The van der Waals surface area contributed by atoms with E-state index >= 15 is 0 Å². The molecule has 2 rings (SSSR count). The molecule has 7 nitrogen and oxygen atoms in total. The van der Waals surface area contributed by atoms with Crippen LogP contribution in [0.15, 0.2) is 0 Å². The third-order valence-corrected chi connectivity index (χ3v) is 4.16. The van der Waals surface area contributed by atoms with Crippen LogP contribution in [-0.2, 0) is 14.3 Å². The molecular formula is C16H23N3O4. The molecule has 0 N–H and O–H groups in total. The number of carbonyl (C=O) groups excluding carboxylic acids is 3. The van der Waals surface area contributed by atoms with Crippen LogP contribution in [0.2, 0.25) is 0 Å². The molecule has 2 heterocycles. The number of carbonyl (C=O) groups is 3. The Morgan fingerprint density at radius 2 is 1.96 bits per heavy atom. The number of hydrogen-bond donors (Lipinski definition) is 0. The molecule has 3 atom stereocenters. The molecule has 2 saturated heterocycles. The van der Waals surface area contributed by atoms with Gasteiger partial charge in [0.25, 0.3) is 0 Å². The fourth-order valence-electron chi connectivity index (χ4n) is 3.15. The largest absolute Gasteiger partial charge is 0.444 e. The first-order chi connectivity index (χ1) is 10.8. The molecule has 0 radical (unpaired) electrons. The van der Waals surface area contributed by atoms with Crippen LogP contribution in [0.1, 0.15) is 46.5 Å². The molecule has 0 aromatic carbocycles. The summed E-state index contributed by atoms with van der Waals surface area (Å²) in [5.41, 5.74) is -0.705. The Bertz CT molecular complexity index is 534. The van der Waals surface area contributed by atoms with E-state index < -0.39 is 29.8 Å². The Hall–Kier alpha value is -2.10. The van der Waals surface area contributed by atoms with Crippen LogP contribution in [0.25, 0.3) is 0 Å². The zero-order valence-electron chi connectivity index (χ0n) is 13.8. The molecular weight excluding hydrogens is 298 g/mol. The highest BCUT2D eigenvalue weighted by Crippen LogP contribution is 2.29. The Morgan fingerprint density at radius 3 is 2.52 bits per heavy atom. The third-order valence-electron chi connectivity index (χ3n) is 4.16. The highest BCUT2D eigenvalue weighted by atomic mass is 16.6. The minimum atomic E-state index is -0.728. The van der Waals surface area contributed by atoms with Crippen molar-refractivity contribution in [1.82, 2.24) is 9.80 Å². The second-order valence-electron chi connectivity index (χ2n) is 7.00. The highest BCUT2D eigenvalue weighted by Gasteiger charge is 2.45. The summed E-state index contributed by atoms with van der Waals surface area (Å²) in [5.74, 6) is -0.260. The van der Waals surface area contributed by atoms with Crippen molar-refractivity contribution >= 4 is 18.3 Å². The van der Waals surface area contributed by atoms with Gasteiger partial charge in [0.1, 0.15) is 24.0 Å². The second kappa shape index (κ2) is 6.57. The van der Waals surface area contributed by atoms with Gasteiger partial charge < -0.3 is 14.4 Å². The topological polar surface area (TPSA) is 90.7 Å². The van der Waals surface area contributed by atoms with Crippen LogP contribution >= 0.6 is 0 Å². The number of nitrogens with zero attached hydrogens (tertiary/aromatic N) is 3. The van der Waals surface area contributed by atoms with Gasteiger partial charge in [-0.15, -0.1) is 0 Å². The molecule has 0 aromatic heterocycles. The van der Waals surface area contributed by atoms with Crippen molar-refractivity contribution in [3.63, 3.8) is 0 Å². The molecule has 0 aromatic rings. The lowest BCUT2D eigenvalue weighted by Gasteiger charge is -2.32. The van der Waals surface area contributed by atoms with E-state index in [0.717, 1.165) is 6.42 Å². The predicted octanol–water partition coefficient (Wildman–Crippen LogP) is 1.47. The van der Waals surface area contributed by atoms with Crippen LogP contribution in [0.5, 0.6) is 0 Å². The van der Waals surface area contributed by atoms with Crippen LogP contribution < -0.4 is 0 Å². The van der Waals surface area contributed by atoms with Crippen molar-refractivity contribution in [1.29, 1.82) is 5.26 Å². The average Bonchev–Trinajstić information content (AvgIpc) is 3.10. The van der Waals surface area contributed by atoms with Crippen LogP contribution in [0.3, 0.4) is 0 Å². The van der Waals surface area contributed by atoms with E-state index in [1.165, 1.54) is 9.80 Å². The first-order valence-corrected chi connectivity index (χ1v) is 7.95. The maximum absolute atomic E-state index is 12.8. The van der Waals surface area contributed by atoms with Crippen molar-refractivity contribution in [2.24, 2.45) is 0 Å². The second-order valence-corrected chi connectivity index (χ2v) is 7.00. The minimum Gasteiger partial charge on any atom is -0.444 e. The molecule has 23 heavy (non-hydrogen) atoms. The van der Waals surface area contributed by atoms with Gasteiger partial charge in [-0.2, -0.15) is 5.26 Å². The fraction of sp³-hybridized carbons (Fsp3) is 0.750. The first kappa shape index (κ1) is 17.3. The molecule has 126 valence electrons. The number of ether oxygens (including phenoxy) is 1. The van der Waals surface area contributed by atoms with E-state index in [2.05, 4.69) is 6.07 Å². The van der Waals surface area contributed by atoms with Gasteiger partial charge in [-0.25, -0.2) is 4.79 Å². The van der Waals surface area contributed by atoms with E-state index in [9.17, 15) is 14.4 Å². The van der Waals surface area contributed by atoms with Gasteiger partial charge in [0.05, 0.1) is 12.1 Å². The number of hydrogen-bond acceptors (Lipinski definition) is 5. The van der Waals surface area contributed by atoms with Gasteiger partial charge in [-0.1, -0.05) is 0 Å². The van der Waals surface area contributed by atoms with Crippen molar-refractivity contribution in [2.45, 2.75) is 70.2 Å². The Labute approximate surface area is 136 Å². The molecule has 0 bridgehead atoms. The molecule has 0 unspecified atom stereocenters. The number of rotatable bonds is 2. The van der Waals surface area contributed by atoms with E-state index in [0.29, 0.717) is 32.1 Å². The SMILES string of the molecule is CC(C)(C)OC(=O)N1[C@@H](C=O)CC[C@H]1C(=O)N1CCC[C@H]1C#N. The van der Waals surface area contributed by atoms with Gasteiger partial charge in [-0.05, 0) is 46.5 Å².